The molecule has 3 aromatic rings. The third-order valence-corrected chi connectivity index (χ3v) is 6.41. The number of nitrogens with zero attached hydrogens (tertiary/aromatic N) is 4. The molecule has 6 nitrogen and oxygen atoms in total. The molecule has 0 unspecified atom stereocenters. The van der Waals surface area contributed by atoms with Gasteiger partial charge in [0.25, 0.3) is 0 Å². The van der Waals surface area contributed by atoms with Crippen LogP contribution in [0.15, 0.2) is 53.9 Å². The van der Waals surface area contributed by atoms with E-state index in [1.54, 1.807) is 18.4 Å². The Bertz CT molecular complexity index is 1000. The van der Waals surface area contributed by atoms with E-state index in [4.69, 9.17) is 14.5 Å². The molecule has 4 rings (SSSR count). The van der Waals surface area contributed by atoms with Gasteiger partial charge >= 0.3 is 0 Å². The van der Waals surface area contributed by atoms with Crippen molar-refractivity contribution < 1.29 is 9.47 Å². The van der Waals surface area contributed by atoms with Gasteiger partial charge < -0.3 is 24.2 Å². The molecular formula is C25H32N4O2S. The van der Waals surface area contributed by atoms with Crippen LogP contribution in [-0.4, -0.2) is 57.4 Å². The molecule has 0 saturated carbocycles. The van der Waals surface area contributed by atoms with Crippen LogP contribution in [0.2, 0.25) is 0 Å². The minimum absolute atomic E-state index is 0.772. The van der Waals surface area contributed by atoms with Gasteiger partial charge in [0.2, 0.25) is 0 Å². The molecule has 0 amide bonds. The van der Waals surface area contributed by atoms with Crippen molar-refractivity contribution in [2.45, 2.75) is 19.6 Å². The second-order valence-corrected chi connectivity index (χ2v) is 9.17. The van der Waals surface area contributed by atoms with Gasteiger partial charge in [-0.2, -0.15) is 0 Å². The van der Waals surface area contributed by atoms with Crippen molar-refractivity contribution in [2.75, 3.05) is 57.3 Å². The van der Waals surface area contributed by atoms with Gasteiger partial charge in [-0.3, -0.25) is 0 Å². The van der Waals surface area contributed by atoms with Gasteiger partial charge in [-0.25, -0.2) is 4.98 Å². The Morgan fingerprint density at radius 1 is 1.00 bits per heavy atom. The molecule has 170 valence electrons. The van der Waals surface area contributed by atoms with Crippen molar-refractivity contribution in [3.05, 3.63) is 70.7 Å². The zero-order chi connectivity index (χ0) is 22.3. The minimum atomic E-state index is 0.772. The maximum atomic E-state index is 5.52. The summed E-state index contributed by atoms with van der Waals surface area (Å²) in [7, 11) is 5.86. The Morgan fingerprint density at radius 2 is 1.72 bits per heavy atom. The number of rotatable bonds is 9. The highest BCUT2D eigenvalue weighted by Gasteiger charge is 2.16. The van der Waals surface area contributed by atoms with Crippen LogP contribution in [0.25, 0.3) is 0 Å². The van der Waals surface area contributed by atoms with Crippen LogP contribution in [0.1, 0.15) is 16.8 Å². The molecule has 7 heteroatoms. The van der Waals surface area contributed by atoms with E-state index < -0.39 is 0 Å². The predicted molar refractivity (Wildman–Crippen MR) is 132 cm³/mol. The maximum Gasteiger partial charge on any atom is 0.186 e. The summed E-state index contributed by atoms with van der Waals surface area (Å²) in [5.41, 5.74) is 4.85. The summed E-state index contributed by atoms with van der Waals surface area (Å²) in [4.78, 5) is 11.9. The fourth-order valence-corrected chi connectivity index (χ4v) is 4.73. The summed E-state index contributed by atoms with van der Waals surface area (Å²) in [5, 5.41) is 3.21. The van der Waals surface area contributed by atoms with E-state index in [0.717, 1.165) is 62.5 Å². The quantitative estimate of drug-likeness (QED) is 0.483. The average Bonchev–Trinajstić information content (AvgIpc) is 3.27. The lowest BCUT2D eigenvalue weighted by Crippen LogP contribution is -2.36. The molecule has 1 aliphatic rings. The molecule has 1 fully saturated rings. The van der Waals surface area contributed by atoms with Crippen LogP contribution < -0.4 is 14.5 Å². The zero-order valence-electron chi connectivity index (χ0n) is 19.2. The van der Waals surface area contributed by atoms with E-state index in [0.29, 0.717) is 0 Å². The van der Waals surface area contributed by atoms with E-state index in [9.17, 15) is 0 Å². The van der Waals surface area contributed by atoms with Crippen molar-refractivity contribution >= 4 is 22.2 Å². The second kappa shape index (κ2) is 10.8. The number of aromatic nitrogens is 1. The number of morpholine rings is 1. The number of hydrogen-bond acceptors (Lipinski definition) is 7. The SMILES string of the molecule is COc1cccc(CN(Cc2cccc(N3CCOCC3)c2)c2nc(CN(C)C)cs2)c1. The van der Waals surface area contributed by atoms with Gasteiger partial charge in [0.15, 0.2) is 5.13 Å². The summed E-state index contributed by atoms with van der Waals surface area (Å²) in [6.45, 7) is 5.88. The molecule has 0 spiro atoms. The van der Waals surface area contributed by atoms with Gasteiger partial charge in [-0.05, 0) is 49.5 Å². The van der Waals surface area contributed by atoms with E-state index in [1.165, 1.54) is 16.8 Å². The first-order chi connectivity index (χ1) is 15.6. The van der Waals surface area contributed by atoms with Gasteiger partial charge in [0.05, 0.1) is 26.0 Å². The second-order valence-electron chi connectivity index (χ2n) is 8.34. The molecule has 0 atom stereocenters. The third kappa shape index (κ3) is 6.00. The fraction of sp³-hybridized carbons (Fsp3) is 0.400. The fourth-order valence-electron chi connectivity index (χ4n) is 3.91. The molecule has 2 heterocycles. The molecular weight excluding hydrogens is 420 g/mol. The highest BCUT2D eigenvalue weighted by atomic mass is 32.1. The molecule has 1 aliphatic heterocycles. The number of benzene rings is 2. The lowest BCUT2D eigenvalue weighted by atomic mass is 10.1. The lowest BCUT2D eigenvalue weighted by molar-refractivity contribution is 0.122. The molecule has 0 aliphatic carbocycles. The van der Waals surface area contributed by atoms with Gasteiger partial charge in [-0.1, -0.05) is 24.3 Å². The molecule has 32 heavy (non-hydrogen) atoms. The maximum absolute atomic E-state index is 5.52. The molecule has 1 aromatic heterocycles. The van der Waals surface area contributed by atoms with Crippen molar-refractivity contribution in [2.24, 2.45) is 0 Å². The summed E-state index contributed by atoms with van der Waals surface area (Å²) < 4.78 is 11.0. The Hall–Kier alpha value is -2.61. The Balaban J connectivity index is 1.58. The Kier molecular flexibility index (Phi) is 7.63. The van der Waals surface area contributed by atoms with Crippen LogP contribution in [0.3, 0.4) is 0 Å². The van der Waals surface area contributed by atoms with Crippen molar-refractivity contribution in [1.29, 1.82) is 0 Å². The van der Waals surface area contributed by atoms with Gasteiger partial charge in [0.1, 0.15) is 5.75 Å². The first-order valence-corrected chi connectivity index (χ1v) is 11.9. The van der Waals surface area contributed by atoms with Crippen LogP contribution in [0, 0.1) is 0 Å². The monoisotopic (exact) mass is 452 g/mol. The smallest absolute Gasteiger partial charge is 0.186 e. The topological polar surface area (TPSA) is 41.1 Å². The number of hydrogen-bond donors (Lipinski definition) is 0. The van der Waals surface area contributed by atoms with Crippen LogP contribution in [0.4, 0.5) is 10.8 Å². The van der Waals surface area contributed by atoms with E-state index in [2.05, 4.69) is 70.6 Å². The summed E-state index contributed by atoms with van der Waals surface area (Å²) in [6.07, 6.45) is 0. The number of ether oxygens (including phenoxy) is 2. The number of methoxy groups -OCH3 is 1. The van der Waals surface area contributed by atoms with Gasteiger partial charge in [-0.15, -0.1) is 11.3 Å². The van der Waals surface area contributed by atoms with E-state index >= 15 is 0 Å². The van der Waals surface area contributed by atoms with E-state index in [1.807, 2.05) is 12.1 Å². The first kappa shape index (κ1) is 22.6. The Morgan fingerprint density at radius 3 is 2.44 bits per heavy atom. The summed E-state index contributed by atoms with van der Waals surface area (Å²) >= 11 is 1.71. The average molecular weight is 453 g/mol. The van der Waals surface area contributed by atoms with Crippen molar-refractivity contribution in [3.63, 3.8) is 0 Å². The van der Waals surface area contributed by atoms with Crippen LogP contribution >= 0.6 is 11.3 Å². The predicted octanol–water partition coefficient (Wildman–Crippen LogP) is 4.26. The van der Waals surface area contributed by atoms with Crippen molar-refractivity contribution in [1.82, 2.24) is 9.88 Å². The van der Waals surface area contributed by atoms with E-state index in [-0.39, 0.29) is 0 Å². The molecule has 0 radical (unpaired) electrons. The largest absolute Gasteiger partial charge is 0.497 e. The summed E-state index contributed by atoms with van der Waals surface area (Å²) in [5.74, 6) is 0.879. The normalized spacial score (nSPS) is 14.1. The molecule has 0 N–H and O–H groups in total. The van der Waals surface area contributed by atoms with Gasteiger partial charge in [0, 0.05) is 43.8 Å². The highest BCUT2D eigenvalue weighted by Crippen LogP contribution is 2.27. The van der Waals surface area contributed by atoms with Crippen LogP contribution in [0.5, 0.6) is 5.75 Å². The number of anilines is 2. The van der Waals surface area contributed by atoms with Crippen molar-refractivity contribution in [3.8, 4) is 5.75 Å². The molecule has 0 bridgehead atoms. The minimum Gasteiger partial charge on any atom is -0.497 e. The molecule has 1 saturated heterocycles. The zero-order valence-corrected chi connectivity index (χ0v) is 20.0. The first-order valence-electron chi connectivity index (χ1n) is 11.0. The van der Waals surface area contributed by atoms with Crippen LogP contribution in [-0.2, 0) is 24.4 Å². The standard InChI is InChI=1S/C25H32N4O2S/c1-27(2)18-22-19-32-25(26-22)29(17-21-7-5-9-24(15-21)30-3)16-20-6-4-8-23(14-20)28-10-12-31-13-11-28/h4-9,14-15,19H,10-13,16-18H2,1-3H3. The Labute approximate surface area is 195 Å². The third-order valence-electron chi connectivity index (χ3n) is 5.46. The molecule has 2 aromatic carbocycles. The summed E-state index contributed by atoms with van der Waals surface area (Å²) in [6, 6.07) is 17.1. The highest BCUT2D eigenvalue weighted by molar-refractivity contribution is 7.13. The number of thiazole rings is 1. The lowest BCUT2D eigenvalue weighted by Gasteiger charge is -2.29.